The van der Waals surface area contributed by atoms with E-state index in [4.69, 9.17) is 4.74 Å². The maximum absolute atomic E-state index is 5.77. The fourth-order valence-electron chi connectivity index (χ4n) is 2.92. The topological polar surface area (TPSA) is 65.9 Å². The summed E-state index contributed by atoms with van der Waals surface area (Å²) in [5.74, 6) is 2.76. The number of piperazine rings is 1. The Morgan fingerprint density at radius 2 is 1.96 bits per heavy atom. The molecule has 1 aromatic carbocycles. The van der Waals surface area contributed by atoms with Crippen molar-refractivity contribution in [2.75, 3.05) is 51.3 Å². The van der Waals surface area contributed by atoms with Gasteiger partial charge in [0.15, 0.2) is 5.96 Å². The molecule has 1 saturated heterocycles. The first-order valence-corrected chi connectivity index (χ1v) is 10.2. The van der Waals surface area contributed by atoms with Crippen molar-refractivity contribution in [3.63, 3.8) is 0 Å². The molecule has 146 valence electrons. The van der Waals surface area contributed by atoms with Crippen molar-refractivity contribution in [3.05, 3.63) is 35.7 Å². The fourth-order valence-corrected chi connectivity index (χ4v) is 3.73. The molecule has 1 fully saturated rings. The van der Waals surface area contributed by atoms with Gasteiger partial charge in [-0.15, -0.1) is 0 Å². The molecule has 0 atom stereocenters. The summed E-state index contributed by atoms with van der Waals surface area (Å²) in [6, 6.07) is 8.12. The van der Waals surface area contributed by atoms with Crippen LogP contribution in [0.25, 0.3) is 0 Å². The molecule has 27 heavy (non-hydrogen) atoms. The van der Waals surface area contributed by atoms with Gasteiger partial charge in [0.05, 0.1) is 6.54 Å². The van der Waals surface area contributed by atoms with Crippen LogP contribution in [0.15, 0.2) is 29.3 Å². The molecule has 1 aliphatic rings. The van der Waals surface area contributed by atoms with Crippen LogP contribution < -0.4 is 15.0 Å². The van der Waals surface area contributed by atoms with Crippen LogP contribution in [-0.2, 0) is 6.42 Å². The lowest BCUT2D eigenvalue weighted by Gasteiger charge is -2.36. The third-order valence-corrected chi connectivity index (χ3v) is 5.32. The molecule has 0 aliphatic carbocycles. The van der Waals surface area contributed by atoms with E-state index < -0.39 is 0 Å². The maximum Gasteiger partial charge on any atom is 0.205 e. The number of anilines is 1. The van der Waals surface area contributed by atoms with Gasteiger partial charge in [0.25, 0.3) is 0 Å². The Morgan fingerprint density at radius 3 is 2.59 bits per heavy atom. The lowest BCUT2D eigenvalue weighted by molar-refractivity contribution is 0.315. The third kappa shape index (κ3) is 5.32. The van der Waals surface area contributed by atoms with E-state index in [1.54, 1.807) is 0 Å². The normalized spacial score (nSPS) is 15.1. The van der Waals surface area contributed by atoms with Crippen LogP contribution >= 0.6 is 11.5 Å². The first kappa shape index (κ1) is 19.4. The van der Waals surface area contributed by atoms with Gasteiger partial charge in [-0.1, -0.05) is 24.6 Å². The van der Waals surface area contributed by atoms with Gasteiger partial charge in [0.2, 0.25) is 5.13 Å². The molecule has 2 aromatic rings. The maximum atomic E-state index is 5.77. The molecule has 2 heterocycles. The van der Waals surface area contributed by atoms with Gasteiger partial charge in [-0.25, -0.2) is 4.98 Å². The molecular formula is C19H28N6OS. The van der Waals surface area contributed by atoms with Crippen LogP contribution in [0, 0.1) is 6.92 Å². The van der Waals surface area contributed by atoms with Gasteiger partial charge in [-0.05, 0) is 19.1 Å². The number of benzene rings is 1. The zero-order chi connectivity index (χ0) is 19.1. The number of guanidine groups is 1. The lowest BCUT2D eigenvalue weighted by atomic mass is 10.2. The van der Waals surface area contributed by atoms with Crippen LogP contribution in [0.5, 0.6) is 5.75 Å². The Hall–Kier alpha value is -2.35. The van der Waals surface area contributed by atoms with Gasteiger partial charge >= 0.3 is 0 Å². The highest BCUT2D eigenvalue weighted by Gasteiger charge is 2.21. The average molecular weight is 389 g/mol. The second kappa shape index (κ2) is 9.55. The van der Waals surface area contributed by atoms with Crippen molar-refractivity contribution in [1.82, 2.24) is 19.6 Å². The van der Waals surface area contributed by atoms with E-state index in [0.717, 1.165) is 61.8 Å². The molecule has 3 rings (SSSR count). The quantitative estimate of drug-likeness (QED) is 0.465. The van der Waals surface area contributed by atoms with Crippen molar-refractivity contribution < 1.29 is 4.74 Å². The van der Waals surface area contributed by atoms with Crippen molar-refractivity contribution in [2.24, 2.45) is 4.99 Å². The highest BCUT2D eigenvalue weighted by molar-refractivity contribution is 7.09. The zero-order valence-electron chi connectivity index (χ0n) is 16.3. The first-order chi connectivity index (χ1) is 13.2. The average Bonchev–Trinajstić information content (AvgIpc) is 3.19. The first-order valence-electron chi connectivity index (χ1n) is 9.42. The summed E-state index contributed by atoms with van der Waals surface area (Å²) in [7, 11) is 1.83. The number of hydrogen-bond acceptors (Lipinski definition) is 6. The second-order valence-corrected chi connectivity index (χ2v) is 7.19. The highest BCUT2D eigenvalue weighted by Crippen LogP contribution is 2.19. The number of ether oxygens (including phenoxy) is 1. The van der Waals surface area contributed by atoms with Crippen LogP contribution in [0.2, 0.25) is 0 Å². The van der Waals surface area contributed by atoms with E-state index in [2.05, 4.69) is 55.4 Å². The van der Waals surface area contributed by atoms with Crippen LogP contribution in [0.3, 0.4) is 0 Å². The van der Waals surface area contributed by atoms with E-state index in [9.17, 15) is 0 Å². The molecular weight excluding hydrogens is 360 g/mol. The molecule has 0 amide bonds. The van der Waals surface area contributed by atoms with Crippen LogP contribution in [0.1, 0.15) is 18.3 Å². The monoisotopic (exact) mass is 388 g/mol. The Bertz CT molecular complexity index is 737. The highest BCUT2D eigenvalue weighted by atomic mass is 32.1. The number of aromatic nitrogens is 2. The van der Waals surface area contributed by atoms with E-state index in [-0.39, 0.29) is 0 Å². The molecule has 1 aromatic heterocycles. The van der Waals surface area contributed by atoms with Crippen LogP contribution in [-0.4, -0.2) is 66.6 Å². The van der Waals surface area contributed by atoms with E-state index in [0.29, 0.717) is 6.61 Å². The summed E-state index contributed by atoms with van der Waals surface area (Å²) in [6.07, 6.45) is 0.887. The minimum Gasteiger partial charge on any atom is -0.492 e. The summed E-state index contributed by atoms with van der Waals surface area (Å²) in [5, 5.41) is 4.42. The van der Waals surface area contributed by atoms with Gasteiger partial charge in [0.1, 0.15) is 18.2 Å². The number of aliphatic imine (C=N–C) groups is 1. The standard InChI is InChI=1S/C19H28N6OS/c1-4-17-22-19(27-23-17)25-12-10-24(11-13-25)18(20-3)21-9-14-26-16-7-5-15(2)6-8-16/h5-8H,4,9-14H2,1-3H3,(H,20,21). The third-order valence-electron chi connectivity index (χ3n) is 4.51. The van der Waals surface area contributed by atoms with Crippen molar-refractivity contribution in [3.8, 4) is 5.75 Å². The minimum atomic E-state index is 0.604. The Balaban J connectivity index is 1.41. The van der Waals surface area contributed by atoms with Crippen molar-refractivity contribution >= 4 is 22.6 Å². The molecule has 0 radical (unpaired) electrons. The summed E-state index contributed by atoms with van der Waals surface area (Å²) >= 11 is 1.50. The molecule has 8 heteroatoms. The molecule has 0 bridgehead atoms. The summed E-state index contributed by atoms with van der Waals surface area (Å²) < 4.78 is 10.2. The summed E-state index contributed by atoms with van der Waals surface area (Å²) in [4.78, 5) is 13.6. The molecule has 0 saturated carbocycles. The van der Waals surface area contributed by atoms with Gasteiger partial charge in [-0.2, -0.15) is 4.37 Å². The Morgan fingerprint density at radius 1 is 1.22 bits per heavy atom. The van der Waals surface area contributed by atoms with Crippen molar-refractivity contribution in [2.45, 2.75) is 20.3 Å². The van der Waals surface area contributed by atoms with Crippen LogP contribution in [0.4, 0.5) is 5.13 Å². The number of nitrogens with zero attached hydrogens (tertiary/aromatic N) is 5. The number of nitrogens with one attached hydrogen (secondary N) is 1. The van der Waals surface area contributed by atoms with Gasteiger partial charge in [0, 0.05) is 51.2 Å². The van der Waals surface area contributed by atoms with E-state index >= 15 is 0 Å². The molecule has 1 N–H and O–H groups in total. The van der Waals surface area contributed by atoms with E-state index in [1.807, 2.05) is 19.2 Å². The smallest absolute Gasteiger partial charge is 0.205 e. The minimum absolute atomic E-state index is 0.604. The molecule has 0 spiro atoms. The predicted molar refractivity (Wildman–Crippen MR) is 111 cm³/mol. The Labute approximate surface area is 165 Å². The number of aryl methyl sites for hydroxylation is 2. The largest absolute Gasteiger partial charge is 0.492 e. The SMILES string of the molecule is CCc1nsc(N2CCN(C(=NC)NCCOc3ccc(C)cc3)CC2)n1. The molecule has 7 nitrogen and oxygen atoms in total. The lowest BCUT2D eigenvalue weighted by Crippen LogP contribution is -2.53. The van der Waals surface area contributed by atoms with E-state index in [1.165, 1.54) is 17.1 Å². The number of rotatable bonds is 6. The fraction of sp³-hybridized carbons (Fsp3) is 0.526. The summed E-state index contributed by atoms with van der Waals surface area (Å²) in [6.45, 7) is 9.17. The number of hydrogen-bond donors (Lipinski definition) is 1. The summed E-state index contributed by atoms with van der Waals surface area (Å²) in [5.41, 5.74) is 1.24. The predicted octanol–water partition coefficient (Wildman–Crippen LogP) is 2.19. The molecule has 1 aliphatic heterocycles. The second-order valence-electron chi connectivity index (χ2n) is 6.46. The molecule has 0 unspecified atom stereocenters. The Kier molecular flexibility index (Phi) is 6.86. The zero-order valence-corrected chi connectivity index (χ0v) is 17.1. The van der Waals surface area contributed by atoms with Gasteiger partial charge in [-0.3, -0.25) is 4.99 Å². The van der Waals surface area contributed by atoms with Gasteiger partial charge < -0.3 is 19.9 Å². The van der Waals surface area contributed by atoms with Crippen molar-refractivity contribution in [1.29, 1.82) is 0 Å².